The molecule has 1 aromatic heterocycles. The number of alkyl carbamates (subject to hydrolysis) is 1. The molecule has 2 N–H and O–H groups in total. The number of ether oxygens (including phenoxy) is 2. The molecule has 4 rings (SSSR count). The Hall–Kier alpha value is -3.75. The van der Waals surface area contributed by atoms with Crippen molar-refractivity contribution >= 4 is 28.9 Å². The zero-order valence-corrected chi connectivity index (χ0v) is 19.8. The van der Waals surface area contributed by atoms with Gasteiger partial charge < -0.3 is 29.6 Å². The number of carbonyl (C=O) groups is 2. The molecule has 3 aromatic rings. The summed E-state index contributed by atoms with van der Waals surface area (Å²) in [6, 6.07) is 15.5. The molecule has 0 radical (unpaired) electrons. The van der Waals surface area contributed by atoms with Crippen LogP contribution in [0.15, 0.2) is 48.5 Å². The van der Waals surface area contributed by atoms with Crippen LogP contribution in [-0.4, -0.2) is 58.8 Å². The van der Waals surface area contributed by atoms with E-state index in [0.717, 1.165) is 22.3 Å². The van der Waals surface area contributed by atoms with Gasteiger partial charge in [0, 0.05) is 26.2 Å². The fourth-order valence-electron chi connectivity index (χ4n) is 3.79. The summed E-state index contributed by atoms with van der Waals surface area (Å²) >= 11 is 0. The van der Waals surface area contributed by atoms with Crippen LogP contribution in [0.2, 0.25) is 0 Å². The molecular weight excluding hydrogens is 434 g/mol. The van der Waals surface area contributed by atoms with Gasteiger partial charge in [0.05, 0.1) is 17.7 Å². The van der Waals surface area contributed by atoms with Crippen LogP contribution < -0.4 is 10.2 Å². The predicted octanol–water partition coefficient (Wildman–Crippen LogP) is 4.05. The standard InChI is InChI=1S/C25H31N5O4/c1-25(2,3)34-24(32)30-14-12-29(13-15-30)20-11-7-10-19-22(20)28-21(27-19)16-26-23(31)33-17-18-8-5-4-6-9-18/h4-11H,12-17H2,1-3H3,(H,26,31)(H,27,28). The van der Waals surface area contributed by atoms with Gasteiger partial charge in [0.1, 0.15) is 23.5 Å². The minimum Gasteiger partial charge on any atom is -0.445 e. The Bertz CT molecular complexity index is 1130. The fraction of sp³-hybridized carbons (Fsp3) is 0.400. The lowest BCUT2D eigenvalue weighted by Crippen LogP contribution is -2.50. The zero-order chi connectivity index (χ0) is 24.1. The Kier molecular flexibility index (Phi) is 6.90. The number of fused-ring (bicyclic) bond motifs is 1. The smallest absolute Gasteiger partial charge is 0.410 e. The van der Waals surface area contributed by atoms with Gasteiger partial charge in [0.25, 0.3) is 0 Å². The van der Waals surface area contributed by atoms with Crippen molar-refractivity contribution in [1.82, 2.24) is 20.2 Å². The number of aromatic amines is 1. The van der Waals surface area contributed by atoms with Crippen molar-refractivity contribution in [3.8, 4) is 0 Å². The number of anilines is 1. The van der Waals surface area contributed by atoms with Crippen LogP contribution in [0.25, 0.3) is 11.0 Å². The van der Waals surface area contributed by atoms with Crippen LogP contribution in [0.5, 0.6) is 0 Å². The third-order valence-corrected chi connectivity index (χ3v) is 5.43. The summed E-state index contributed by atoms with van der Waals surface area (Å²) < 4.78 is 10.7. The zero-order valence-electron chi connectivity index (χ0n) is 19.8. The number of amides is 2. The van der Waals surface area contributed by atoms with Crippen molar-refractivity contribution in [2.75, 3.05) is 31.1 Å². The first-order valence-corrected chi connectivity index (χ1v) is 11.4. The van der Waals surface area contributed by atoms with Crippen LogP contribution in [0, 0.1) is 0 Å². The molecule has 2 aromatic carbocycles. The van der Waals surface area contributed by atoms with Crippen LogP contribution in [0.4, 0.5) is 15.3 Å². The number of imidazole rings is 1. The highest BCUT2D eigenvalue weighted by Gasteiger charge is 2.26. The van der Waals surface area contributed by atoms with Gasteiger partial charge >= 0.3 is 12.2 Å². The maximum absolute atomic E-state index is 12.3. The summed E-state index contributed by atoms with van der Waals surface area (Å²) in [7, 11) is 0. The van der Waals surface area contributed by atoms with Crippen molar-refractivity contribution in [3.63, 3.8) is 0 Å². The second-order valence-corrected chi connectivity index (χ2v) is 9.23. The van der Waals surface area contributed by atoms with Crippen LogP contribution >= 0.6 is 0 Å². The lowest BCUT2D eigenvalue weighted by atomic mass is 10.2. The molecule has 180 valence electrons. The molecule has 34 heavy (non-hydrogen) atoms. The van der Waals surface area contributed by atoms with E-state index in [1.165, 1.54) is 0 Å². The van der Waals surface area contributed by atoms with E-state index in [9.17, 15) is 9.59 Å². The number of benzene rings is 2. The number of rotatable bonds is 5. The molecule has 9 nitrogen and oxygen atoms in total. The van der Waals surface area contributed by atoms with Crippen molar-refractivity contribution in [2.24, 2.45) is 0 Å². The first-order valence-electron chi connectivity index (χ1n) is 11.4. The van der Waals surface area contributed by atoms with E-state index >= 15 is 0 Å². The number of carbonyl (C=O) groups excluding carboxylic acids is 2. The van der Waals surface area contributed by atoms with Gasteiger partial charge in [-0.2, -0.15) is 0 Å². The summed E-state index contributed by atoms with van der Waals surface area (Å²) in [5.74, 6) is 0.645. The van der Waals surface area contributed by atoms with E-state index in [2.05, 4.69) is 15.2 Å². The maximum Gasteiger partial charge on any atom is 0.410 e. The number of nitrogens with one attached hydrogen (secondary N) is 2. The lowest BCUT2D eigenvalue weighted by molar-refractivity contribution is 0.0240. The number of hydrogen-bond acceptors (Lipinski definition) is 6. The molecule has 2 amide bonds. The number of para-hydroxylation sites is 1. The van der Waals surface area contributed by atoms with Gasteiger partial charge in [-0.3, -0.25) is 0 Å². The van der Waals surface area contributed by atoms with Crippen LogP contribution in [-0.2, 0) is 22.6 Å². The molecule has 1 fully saturated rings. The van der Waals surface area contributed by atoms with Crippen molar-refractivity contribution in [2.45, 2.75) is 39.5 Å². The summed E-state index contributed by atoms with van der Waals surface area (Å²) in [5.41, 5.74) is 3.14. The first-order chi connectivity index (χ1) is 16.3. The highest BCUT2D eigenvalue weighted by atomic mass is 16.6. The summed E-state index contributed by atoms with van der Waals surface area (Å²) in [5, 5.41) is 2.74. The monoisotopic (exact) mass is 465 g/mol. The molecule has 2 heterocycles. The second-order valence-electron chi connectivity index (χ2n) is 9.23. The molecule has 1 aliphatic rings. The van der Waals surface area contributed by atoms with Gasteiger partial charge in [-0.25, -0.2) is 14.6 Å². The van der Waals surface area contributed by atoms with Gasteiger partial charge in [0.2, 0.25) is 0 Å². The molecule has 0 atom stereocenters. The molecular formula is C25H31N5O4. The van der Waals surface area contributed by atoms with Crippen molar-refractivity contribution in [1.29, 1.82) is 0 Å². The molecule has 0 aliphatic carbocycles. The van der Waals surface area contributed by atoms with E-state index in [0.29, 0.717) is 32.0 Å². The quantitative estimate of drug-likeness (QED) is 0.590. The molecule has 1 aliphatic heterocycles. The average molecular weight is 466 g/mol. The minimum atomic E-state index is -0.507. The van der Waals surface area contributed by atoms with E-state index < -0.39 is 11.7 Å². The van der Waals surface area contributed by atoms with Gasteiger partial charge in [-0.05, 0) is 38.5 Å². The molecule has 9 heteroatoms. The molecule has 0 saturated carbocycles. The average Bonchev–Trinajstić information content (AvgIpc) is 3.24. The SMILES string of the molecule is CC(C)(C)OC(=O)N1CCN(c2cccc3[nH]c(CNC(=O)OCc4ccccc4)nc23)CC1. The largest absolute Gasteiger partial charge is 0.445 e. The van der Waals surface area contributed by atoms with E-state index in [4.69, 9.17) is 14.5 Å². The molecule has 0 bridgehead atoms. The third-order valence-electron chi connectivity index (χ3n) is 5.43. The number of hydrogen-bond donors (Lipinski definition) is 2. The van der Waals surface area contributed by atoms with Crippen molar-refractivity contribution < 1.29 is 19.1 Å². The Morgan fingerprint density at radius 1 is 1.03 bits per heavy atom. The molecule has 1 saturated heterocycles. The maximum atomic E-state index is 12.3. The van der Waals surface area contributed by atoms with E-state index in [1.54, 1.807) is 4.90 Å². The number of piperazine rings is 1. The van der Waals surface area contributed by atoms with E-state index in [1.807, 2.05) is 69.3 Å². The summed E-state index contributed by atoms with van der Waals surface area (Å²) in [4.78, 5) is 36.3. The molecule has 0 unspecified atom stereocenters. The summed E-state index contributed by atoms with van der Waals surface area (Å²) in [6.07, 6.45) is -0.777. The topological polar surface area (TPSA) is 99.8 Å². The number of nitrogens with zero attached hydrogens (tertiary/aromatic N) is 3. The Balaban J connectivity index is 1.34. The fourth-order valence-corrected chi connectivity index (χ4v) is 3.79. The summed E-state index contributed by atoms with van der Waals surface area (Å²) in [6.45, 7) is 8.59. The third kappa shape index (κ3) is 5.98. The van der Waals surface area contributed by atoms with Gasteiger partial charge in [-0.1, -0.05) is 36.4 Å². The predicted molar refractivity (Wildman–Crippen MR) is 130 cm³/mol. The minimum absolute atomic E-state index is 0.215. The first kappa shape index (κ1) is 23.4. The molecule has 0 spiro atoms. The number of aromatic nitrogens is 2. The second kappa shape index (κ2) is 10.0. The van der Waals surface area contributed by atoms with E-state index in [-0.39, 0.29) is 19.2 Å². The lowest BCUT2D eigenvalue weighted by Gasteiger charge is -2.36. The number of H-pyrrole nitrogens is 1. The Morgan fingerprint density at radius 3 is 2.47 bits per heavy atom. The van der Waals surface area contributed by atoms with Crippen LogP contribution in [0.3, 0.4) is 0 Å². The van der Waals surface area contributed by atoms with Crippen LogP contribution in [0.1, 0.15) is 32.2 Å². The highest BCUT2D eigenvalue weighted by molar-refractivity contribution is 5.89. The Morgan fingerprint density at radius 2 is 1.76 bits per heavy atom. The van der Waals surface area contributed by atoms with Gasteiger partial charge in [-0.15, -0.1) is 0 Å². The Labute approximate surface area is 199 Å². The normalized spacial score (nSPS) is 14.2. The van der Waals surface area contributed by atoms with Crippen molar-refractivity contribution in [3.05, 3.63) is 59.9 Å². The highest BCUT2D eigenvalue weighted by Crippen LogP contribution is 2.26. The van der Waals surface area contributed by atoms with Gasteiger partial charge in [0.15, 0.2) is 0 Å².